The van der Waals surface area contributed by atoms with E-state index in [1.807, 2.05) is 12.1 Å². The second-order valence-corrected chi connectivity index (χ2v) is 7.19. The van der Waals surface area contributed by atoms with Crippen molar-refractivity contribution in [3.63, 3.8) is 0 Å². The normalized spacial score (nSPS) is 10.4. The molecule has 9 heteroatoms. The molecule has 0 aliphatic heterocycles. The molecule has 0 atom stereocenters. The highest BCUT2D eigenvalue weighted by molar-refractivity contribution is 9.10. The van der Waals surface area contributed by atoms with Gasteiger partial charge in [-0.1, -0.05) is 15.9 Å². The van der Waals surface area contributed by atoms with Crippen molar-refractivity contribution >= 4 is 44.3 Å². The first-order valence-electron chi connectivity index (χ1n) is 8.27. The van der Waals surface area contributed by atoms with Crippen molar-refractivity contribution in [1.82, 2.24) is 4.98 Å². The standard InChI is InChI=1S/C18H21BrN2O5S/c1-4-26-17(23)8-12-10-27-18(20-12)21-16(22)6-5-11-7-14(24-2)15(25-3)9-13(11)19/h7,9-10H,4-6,8H2,1-3H3,(H,20,21,22). The third-order valence-corrected chi connectivity index (χ3v) is 5.15. The lowest BCUT2D eigenvalue weighted by Crippen LogP contribution is -2.13. The van der Waals surface area contributed by atoms with Gasteiger partial charge in [-0.3, -0.25) is 9.59 Å². The zero-order valence-corrected chi connectivity index (χ0v) is 17.7. The molecule has 0 bridgehead atoms. The lowest BCUT2D eigenvalue weighted by atomic mass is 10.1. The highest BCUT2D eigenvalue weighted by atomic mass is 79.9. The number of hydrogen-bond donors (Lipinski definition) is 1. The van der Waals surface area contributed by atoms with Crippen LogP contribution in [-0.4, -0.2) is 37.7 Å². The van der Waals surface area contributed by atoms with Crippen LogP contribution in [0.2, 0.25) is 0 Å². The number of benzene rings is 1. The zero-order chi connectivity index (χ0) is 19.8. The molecule has 27 heavy (non-hydrogen) atoms. The van der Waals surface area contributed by atoms with Crippen LogP contribution < -0.4 is 14.8 Å². The predicted octanol–water partition coefficient (Wildman–Crippen LogP) is 3.60. The number of nitrogens with zero attached hydrogens (tertiary/aromatic N) is 1. The van der Waals surface area contributed by atoms with Crippen molar-refractivity contribution in [1.29, 1.82) is 0 Å². The Morgan fingerprint density at radius 2 is 1.93 bits per heavy atom. The Hall–Kier alpha value is -2.13. The first-order chi connectivity index (χ1) is 13.0. The Kier molecular flexibility index (Phi) is 8.05. The summed E-state index contributed by atoms with van der Waals surface area (Å²) in [5.41, 5.74) is 1.52. The van der Waals surface area contributed by atoms with Crippen LogP contribution in [0.15, 0.2) is 22.0 Å². The molecule has 1 N–H and O–H groups in total. The third-order valence-electron chi connectivity index (χ3n) is 3.60. The molecular formula is C18H21BrN2O5S. The number of amides is 1. The summed E-state index contributed by atoms with van der Waals surface area (Å²) in [6.45, 7) is 2.08. The van der Waals surface area contributed by atoms with E-state index in [1.54, 1.807) is 26.5 Å². The average Bonchev–Trinajstić information content (AvgIpc) is 3.07. The molecule has 0 radical (unpaired) electrons. The number of esters is 1. The molecule has 1 aromatic heterocycles. The number of aryl methyl sites for hydroxylation is 1. The fraction of sp³-hybridized carbons (Fsp3) is 0.389. The number of carbonyl (C=O) groups excluding carboxylic acids is 2. The molecule has 0 fully saturated rings. The van der Waals surface area contributed by atoms with E-state index in [2.05, 4.69) is 26.2 Å². The average molecular weight is 457 g/mol. The number of thiazole rings is 1. The van der Waals surface area contributed by atoms with Crippen molar-refractivity contribution < 1.29 is 23.8 Å². The molecule has 0 spiro atoms. The molecule has 1 aromatic carbocycles. The number of methoxy groups -OCH3 is 2. The summed E-state index contributed by atoms with van der Waals surface area (Å²) in [5, 5.41) is 4.95. The highest BCUT2D eigenvalue weighted by Gasteiger charge is 2.13. The minimum Gasteiger partial charge on any atom is -0.493 e. The number of halogens is 1. The van der Waals surface area contributed by atoms with E-state index in [1.165, 1.54) is 11.3 Å². The van der Waals surface area contributed by atoms with Crippen LogP contribution in [0, 0.1) is 0 Å². The van der Waals surface area contributed by atoms with Crippen molar-refractivity contribution in [2.24, 2.45) is 0 Å². The fourth-order valence-electron chi connectivity index (χ4n) is 2.32. The van der Waals surface area contributed by atoms with Gasteiger partial charge in [0, 0.05) is 16.3 Å². The minimum atomic E-state index is -0.334. The second-order valence-electron chi connectivity index (χ2n) is 5.47. The zero-order valence-electron chi connectivity index (χ0n) is 15.3. The van der Waals surface area contributed by atoms with E-state index >= 15 is 0 Å². The second kappa shape index (κ2) is 10.3. The van der Waals surface area contributed by atoms with Gasteiger partial charge < -0.3 is 19.5 Å². The Morgan fingerprint density at radius 1 is 1.22 bits per heavy atom. The molecule has 0 aliphatic rings. The molecule has 0 saturated heterocycles. The summed E-state index contributed by atoms with van der Waals surface area (Å²) in [5.74, 6) is 0.738. The molecule has 1 heterocycles. The lowest BCUT2D eigenvalue weighted by Gasteiger charge is -2.11. The topological polar surface area (TPSA) is 86.8 Å². The molecule has 7 nitrogen and oxygen atoms in total. The number of aromatic nitrogens is 1. The van der Waals surface area contributed by atoms with Gasteiger partial charge in [0.05, 0.1) is 32.9 Å². The molecule has 2 aromatic rings. The van der Waals surface area contributed by atoms with Crippen LogP contribution >= 0.6 is 27.3 Å². The first kappa shape index (κ1) is 21.2. The van der Waals surface area contributed by atoms with Crippen LogP contribution in [0.5, 0.6) is 11.5 Å². The van der Waals surface area contributed by atoms with Gasteiger partial charge in [0.1, 0.15) is 0 Å². The monoisotopic (exact) mass is 456 g/mol. The molecule has 2 rings (SSSR count). The van der Waals surface area contributed by atoms with Crippen LogP contribution in [0.1, 0.15) is 24.6 Å². The fourth-order valence-corrected chi connectivity index (χ4v) is 3.57. The Labute approximate surface area is 170 Å². The van der Waals surface area contributed by atoms with Gasteiger partial charge in [-0.15, -0.1) is 11.3 Å². The van der Waals surface area contributed by atoms with Gasteiger partial charge in [-0.2, -0.15) is 0 Å². The van der Waals surface area contributed by atoms with Gasteiger partial charge >= 0.3 is 5.97 Å². The third kappa shape index (κ3) is 6.21. The summed E-state index contributed by atoms with van der Waals surface area (Å²) in [4.78, 5) is 27.9. The maximum atomic E-state index is 12.2. The Balaban J connectivity index is 1.91. The number of rotatable bonds is 9. The van der Waals surface area contributed by atoms with E-state index in [4.69, 9.17) is 14.2 Å². The maximum absolute atomic E-state index is 12.2. The summed E-state index contributed by atoms with van der Waals surface area (Å²) in [6.07, 6.45) is 0.896. The van der Waals surface area contributed by atoms with E-state index in [0.29, 0.717) is 35.4 Å². The van der Waals surface area contributed by atoms with Gasteiger partial charge in [-0.25, -0.2) is 4.98 Å². The summed E-state index contributed by atoms with van der Waals surface area (Å²) in [7, 11) is 3.14. The SMILES string of the molecule is CCOC(=O)Cc1csc(NC(=O)CCc2cc(OC)c(OC)cc2Br)n1. The summed E-state index contributed by atoms with van der Waals surface area (Å²) < 4.78 is 16.3. The predicted molar refractivity (Wildman–Crippen MR) is 107 cm³/mol. The van der Waals surface area contributed by atoms with Crippen LogP contribution in [0.3, 0.4) is 0 Å². The number of anilines is 1. The van der Waals surface area contributed by atoms with Gasteiger partial charge in [0.2, 0.25) is 5.91 Å². The maximum Gasteiger partial charge on any atom is 0.311 e. The van der Waals surface area contributed by atoms with E-state index in [-0.39, 0.29) is 24.7 Å². The van der Waals surface area contributed by atoms with E-state index in [9.17, 15) is 9.59 Å². The molecule has 1 amide bonds. The van der Waals surface area contributed by atoms with E-state index in [0.717, 1.165) is 10.0 Å². The van der Waals surface area contributed by atoms with Crippen molar-refractivity contribution in [2.75, 3.05) is 26.1 Å². The van der Waals surface area contributed by atoms with Gasteiger partial charge in [0.25, 0.3) is 0 Å². The lowest BCUT2D eigenvalue weighted by molar-refractivity contribution is -0.142. The van der Waals surface area contributed by atoms with E-state index < -0.39 is 0 Å². The number of ether oxygens (including phenoxy) is 3. The van der Waals surface area contributed by atoms with Crippen molar-refractivity contribution in [3.8, 4) is 11.5 Å². The highest BCUT2D eigenvalue weighted by Crippen LogP contribution is 2.33. The molecule has 146 valence electrons. The van der Waals surface area contributed by atoms with Crippen LogP contribution in [-0.2, 0) is 27.2 Å². The smallest absolute Gasteiger partial charge is 0.311 e. The molecular weight excluding hydrogens is 436 g/mol. The minimum absolute atomic E-state index is 0.0960. The largest absolute Gasteiger partial charge is 0.493 e. The Morgan fingerprint density at radius 3 is 2.59 bits per heavy atom. The summed E-state index contributed by atoms with van der Waals surface area (Å²) in [6, 6.07) is 3.66. The number of carbonyl (C=O) groups is 2. The van der Waals surface area contributed by atoms with Crippen molar-refractivity contribution in [3.05, 3.63) is 33.2 Å². The Bertz CT molecular complexity index is 809. The molecule has 0 aliphatic carbocycles. The summed E-state index contributed by atoms with van der Waals surface area (Å²) >= 11 is 4.76. The van der Waals surface area contributed by atoms with Crippen molar-refractivity contribution in [2.45, 2.75) is 26.2 Å². The van der Waals surface area contributed by atoms with Gasteiger partial charge in [-0.05, 0) is 31.0 Å². The molecule has 0 unspecified atom stereocenters. The van der Waals surface area contributed by atoms with Gasteiger partial charge in [0.15, 0.2) is 16.6 Å². The number of hydrogen-bond acceptors (Lipinski definition) is 7. The quantitative estimate of drug-likeness (QED) is 0.580. The number of nitrogens with one attached hydrogen (secondary N) is 1. The molecule has 0 saturated carbocycles. The first-order valence-corrected chi connectivity index (χ1v) is 9.94. The van der Waals surface area contributed by atoms with Crippen LogP contribution in [0.4, 0.5) is 5.13 Å². The van der Waals surface area contributed by atoms with Crippen LogP contribution in [0.25, 0.3) is 0 Å².